The third-order valence-corrected chi connectivity index (χ3v) is 4.21. The van der Waals surface area contributed by atoms with Crippen LogP contribution in [0.5, 0.6) is 5.75 Å². The minimum Gasteiger partial charge on any atom is -0.496 e. The first kappa shape index (κ1) is 17.7. The van der Waals surface area contributed by atoms with Gasteiger partial charge in [-0.15, -0.1) is 0 Å². The Labute approximate surface area is 152 Å². The standard InChI is InChI=1S/C20H22N4O2/c1-13-14(2)23-18-12-16(8-9-17(18)22-13)24-20(25)21-11-10-15-6-4-5-7-19(15)26-3/h4-9,12H,10-11H2,1-3H3,(H2,21,24,25). The zero-order valence-corrected chi connectivity index (χ0v) is 15.2. The Balaban J connectivity index is 1.59. The van der Waals surface area contributed by atoms with Crippen molar-refractivity contribution in [3.05, 3.63) is 59.4 Å². The molecule has 0 atom stereocenters. The van der Waals surface area contributed by atoms with E-state index in [-0.39, 0.29) is 6.03 Å². The van der Waals surface area contributed by atoms with Crippen LogP contribution in [0.1, 0.15) is 17.0 Å². The number of ether oxygens (including phenoxy) is 1. The number of nitrogens with zero attached hydrogens (tertiary/aromatic N) is 2. The van der Waals surface area contributed by atoms with Crippen molar-refractivity contribution >= 4 is 22.8 Å². The van der Waals surface area contributed by atoms with E-state index < -0.39 is 0 Å². The van der Waals surface area contributed by atoms with Crippen LogP contribution in [0.4, 0.5) is 10.5 Å². The molecule has 0 aliphatic carbocycles. The second-order valence-corrected chi connectivity index (χ2v) is 6.04. The van der Waals surface area contributed by atoms with Crippen LogP contribution in [0, 0.1) is 13.8 Å². The SMILES string of the molecule is COc1ccccc1CCNC(=O)Nc1ccc2nc(C)c(C)nc2c1. The Morgan fingerprint density at radius 1 is 1.04 bits per heavy atom. The molecule has 1 aromatic heterocycles. The number of nitrogens with one attached hydrogen (secondary N) is 2. The largest absolute Gasteiger partial charge is 0.496 e. The summed E-state index contributed by atoms with van der Waals surface area (Å²) in [4.78, 5) is 21.1. The lowest BCUT2D eigenvalue weighted by atomic mass is 10.1. The maximum atomic E-state index is 12.1. The average Bonchev–Trinajstić information content (AvgIpc) is 2.63. The summed E-state index contributed by atoms with van der Waals surface area (Å²) in [5.74, 6) is 0.827. The van der Waals surface area contributed by atoms with Gasteiger partial charge >= 0.3 is 6.03 Å². The number of aryl methyl sites for hydroxylation is 2. The predicted octanol–water partition coefficient (Wildman–Crippen LogP) is 3.62. The molecule has 0 aliphatic rings. The quantitative estimate of drug-likeness (QED) is 0.737. The highest BCUT2D eigenvalue weighted by Gasteiger charge is 2.06. The van der Waals surface area contributed by atoms with E-state index in [9.17, 15) is 4.79 Å². The predicted molar refractivity (Wildman–Crippen MR) is 103 cm³/mol. The van der Waals surface area contributed by atoms with Crippen LogP contribution in [0.3, 0.4) is 0 Å². The molecule has 0 saturated carbocycles. The molecule has 6 nitrogen and oxygen atoms in total. The van der Waals surface area contributed by atoms with Crippen molar-refractivity contribution < 1.29 is 9.53 Å². The second-order valence-electron chi connectivity index (χ2n) is 6.04. The lowest BCUT2D eigenvalue weighted by Crippen LogP contribution is -2.30. The number of methoxy groups -OCH3 is 1. The van der Waals surface area contributed by atoms with Crippen LogP contribution in [0.2, 0.25) is 0 Å². The fourth-order valence-electron chi connectivity index (χ4n) is 2.70. The van der Waals surface area contributed by atoms with Gasteiger partial charge in [0.2, 0.25) is 0 Å². The van der Waals surface area contributed by atoms with E-state index in [0.29, 0.717) is 18.7 Å². The van der Waals surface area contributed by atoms with Crippen molar-refractivity contribution in [3.63, 3.8) is 0 Å². The van der Waals surface area contributed by atoms with Gasteiger partial charge in [0, 0.05) is 12.2 Å². The Bertz CT molecular complexity index is 940. The molecule has 2 aromatic carbocycles. The van der Waals surface area contributed by atoms with Gasteiger partial charge in [0.1, 0.15) is 5.75 Å². The maximum absolute atomic E-state index is 12.1. The molecule has 0 bridgehead atoms. The Morgan fingerprint density at radius 3 is 2.54 bits per heavy atom. The molecule has 0 radical (unpaired) electrons. The first-order valence-electron chi connectivity index (χ1n) is 8.48. The molecular formula is C20H22N4O2. The number of benzene rings is 2. The molecule has 2 amide bonds. The number of aromatic nitrogens is 2. The highest BCUT2D eigenvalue weighted by atomic mass is 16.5. The number of para-hydroxylation sites is 1. The van der Waals surface area contributed by atoms with Gasteiger partial charge in [-0.25, -0.2) is 14.8 Å². The highest BCUT2D eigenvalue weighted by molar-refractivity contribution is 5.91. The van der Waals surface area contributed by atoms with Gasteiger partial charge in [-0.3, -0.25) is 0 Å². The molecule has 0 unspecified atom stereocenters. The summed E-state index contributed by atoms with van der Waals surface area (Å²) in [5, 5.41) is 5.69. The summed E-state index contributed by atoms with van der Waals surface area (Å²) in [6.07, 6.45) is 0.694. The van der Waals surface area contributed by atoms with Crippen LogP contribution >= 0.6 is 0 Å². The third kappa shape index (κ3) is 4.08. The molecule has 0 aliphatic heterocycles. The zero-order chi connectivity index (χ0) is 18.5. The van der Waals surface area contributed by atoms with Crippen molar-refractivity contribution in [3.8, 4) is 5.75 Å². The Kier molecular flexibility index (Phi) is 5.31. The van der Waals surface area contributed by atoms with E-state index in [0.717, 1.165) is 33.7 Å². The number of anilines is 1. The first-order valence-corrected chi connectivity index (χ1v) is 8.48. The molecule has 3 aromatic rings. The van der Waals surface area contributed by atoms with Gasteiger partial charge in [0.15, 0.2) is 0 Å². The third-order valence-electron chi connectivity index (χ3n) is 4.21. The number of carbonyl (C=O) groups excluding carboxylic acids is 1. The normalized spacial score (nSPS) is 10.6. The van der Waals surface area contributed by atoms with Gasteiger partial charge in [-0.05, 0) is 50.1 Å². The number of fused-ring (bicyclic) bond motifs is 1. The summed E-state index contributed by atoms with van der Waals surface area (Å²) < 4.78 is 5.32. The summed E-state index contributed by atoms with van der Waals surface area (Å²) in [6, 6.07) is 13.0. The van der Waals surface area contributed by atoms with E-state index in [4.69, 9.17) is 4.74 Å². The topological polar surface area (TPSA) is 76.1 Å². The molecule has 6 heteroatoms. The fraction of sp³-hybridized carbons (Fsp3) is 0.250. The zero-order valence-electron chi connectivity index (χ0n) is 15.2. The van der Waals surface area contributed by atoms with E-state index >= 15 is 0 Å². The van der Waals surface area contributed by atoms with Crippen LogP contribution in [-0.2, 0) is 6.42 Å². The number of hydrogen-bond donors (Lipinski definition) is 2. The van der Waals surface area contributed by atoms with Crippen LogP contribution < -0.4 is 15.4 Å². The summed E-state index contributed by atoms with van der Waals surface area (Å²) in [6.45, 7) is 4.37. The summed E-state index contributed by atoms with van der Waals surface area (Å²) in [5.41, 5.74) is 5.12. The number of urea groups is 1. The van der Waals surface area contributed by atoms with Crippen molar-refractivity contribution in [2.45, 2.75) is 20.3 Å². The van der Waals surface area contributed by atoms with E-state index in [1.54, 1.807) is 7.11 Å². The van der Waals surface area contributed by atoms with E-state index in [1.807, 2.05) is 56.3 Å². The van der Waals surface area contributed by atoms with E-state index in [2.05, 4.69) is 20.6 Å². The maximum Gasteiger partial charge on any atom is 0.319 e. The molecule has 3 rings (SSSR count). The van der Waals surface area contributed by atoms with Crippen LogP contribution in [0.15, 0.2) is 42.5 Å². The number of carbonyl (C=O) groups is 1. The van der Waals surface area contributed by atoms with Gasteiger partial charge < -0.3 is 15.4 Å². The van der Waals surface area contributed by atoms with Crippen LogP contribution in [-0.4, -0.2) is 29.7 Å². The molecule has 0 fully saturated rings. The molecule has 1 heterocycles. The monoisotopic (exact) mass is 350 g/mol. The van der Waals surface area contributed by atoms with Gasteiger partial charge in [0.25, 0.3) is 0 Å². The molecule has 134 valence electrons. The molecule has 0 saturated heterocycles. The Morgan fingerprint density at radius 2 is 1.77 bits per heavy atom. The molecule has 0 spiro atoms. The van der Waals surface area contributed by atoms with Crippen molar-refractivity contribution in [1.29, 1.82) is 0 Å². The average molecular weight is 350 g/mol. The first-order chi connectivity index (χ1) is 12.6. The molecule has 26 heavy (non-hydrogen) atoms. The smallest absolute Gasteiger partial charge is 0.319 e. The van der Waals surface area contributed by atoms with Crippen LogP contribution in [0.25, 0.3) is 11.0 Å². The number of amides is 2. The number of hydrogen-bond acceptors (Lipinski definition) is 4. The van der Waals surface area contributed by atoms with Crippen molar-refractivity contribution in [1.82, 2.24) is 15.3 Å². The highest BCUT2D eigenvalue weighted by Crippen LogP contribution is 2.18. The van der Waals surface area contributed by atoms with Crippen molar-refractivity contribution in [2.24, 2.45) is 0 Å². The van der Waals surface area contributed by atoms with E-state index in [1.165, 1.54) is 0 Å². The molecule has 2 N–H and O–H groups in total. The van der Waals surface area contributed by atoms with Gasteiger partial charge in [-0.2, -0.15) is 0 Å². The van der Waals surface area contributed by atoms with Gasteiger partial charge in [-0.1, -0.05) is 18.2 Å². The van der Waals surface area contributed by atoms with Crippen molar-refractivity contribution in [2.75, 3.05) is 19.0 Å². The fourth-order valence-corrected chi connectivity index (χ4v) is 2.70. The summed E-state index contributed by atoms with van der Waals surface area (Å²) >= 11 is 0. The Hall–Kier alpha value is -3.15. The number of rotatable bonds is 5. The molecular weight excluding hydrogens is 328 g/mol. The minimum absolute atomic E-state index is 0.254. The summed E-state index contributed by atoms with van der Waals surface area (Å²) in [7, 11) is 1.64. The lowest BCUT2D eigenvalue weighted by molar-refractivity contribution is 0.252. The second kappa shape index (κ2) is 7.82. The van der Waals surface area contributed by atoms with Gasteiger partial charge in [0.05, 0.1) is 29.5 Å². The minimum atomic E-state index is -0.254. The lowest BCUT2D eigenvalue weighted by Gasteiger charge is -2.10.